The van der Waals surface area contributed by atoms with Crippen molar-refractivity contribution in [2.45, 2.75) is 38.6 Å². The number of pyridine rings is 1. The second-order valence-electron chi connectivity index (χ2n) is 5.78. The van der Waals surface area contributed by atoms with Gasteiger partial charge in [-0.25, -0.2) is 4.98 Å². The molecular weight excluding hydrogens is 322 g/mol. The van der Waals surface area contributed by atoms with Crippen LogP contribution in [-0.2, 0) is 28.3 Å². The zero-order chi connectivity index (χ0) is 18.3. The van der Waals surface area contributed by atoms with Crippen LogP contribution in [0.25, 0.3) is 0 Å². The largest absolute Gasteiger partial charge is 0.481 e. The van der Waals surface area contributed by atoms with Gasteiger partial charge in [0.25, 0.3) is 0 Å². The van der Waals surface area contributed by atoms with E-state index in [9.17, 15) is 9.90 Å². The van der Waals surface area contributed by atoms with Gasteiger partial charge in [0.15, 0.2) is 0 Å². The molecule has 0 aliphatic heterocycles. The van der Waals surface area contributed by atoms with Crippen molar-refractivity contribution < 1.29 is 24.5 Å². The molecular formula is C19H23NO5. The summed E-state index contributed by atoms with van der Waals surface area (Å²) < 4.78 is 11.0. The van der Waals surface area contributed by atoms with Gasteiger partial charge in [-0.1, -0.05) is 37.3 Å². The number of carboxylic acid groups (broad SMARTS) is 1. The Morgan fingerprint density at radius 1 is 1.20 bits per heavy atom. The fraction of sp³-hybridized carbons (Fsp3) is 0.368. The highest BCUT2D eigenvalue weighted by atomic mass is 16.5. The molecule has 0 spiro atoms. The summed E-state index contributed by atoms with van der Waals surface area (Å²) in [7, 11) is 1.48. The number of aliphatic carboxylic acids is 1. The Morgan fingerprint density at radius 3 is 2.52 bits per heavy atom. The van der Waals surface area contributed by atoms with E-state index in [-0.39, 0.29) is 13.0 Å². The summed E-state index contributed by atoms with van der Waals surface area (Å²) in [5, 5.41) is 20.0. The van der Waals surface area contributed by atoms with E-state index in [2.05, 4.69) is 4.98 Å². The van der Waals surface area contributed by atoms with Gasteiger partial charge in [-0.3, -0.25) is 4.79 Å². The number of hydrogen-bond donors (Lipinski definition) is 2. The lowest BCUT2D eigenvalue weighted by Gasteiger charge is -2.28. The van der Waals surface area contributed by atoms with Crippen molar-refractivity contribution in [2.75, 3.05) is 7.11 Å². The molecule has 0 fully saturated rings. The molecule has 134 valence electrons. The first kappa shape index (κ1) is 18.9. The topological polar surface area (TPSA) is 88.9 Å². The molecule has 0 radical (unpaired) electrons. The third kappa shape index (κ3) is 4.78. The standard InChI is InChI=1S/C19H23NO5/c1-3-19(23,11-17(21)22)16-9-10-20-18(24-2)15(16)13-25-12-14-7-5-4-6-8-14/h4-10,23H,3,11-13H2,1-2H3,(H,21,22)/t19-/m1/s1. The van der Waals surface area contributed by atoms with Gasteiger partial charge < -0.3 is 19.7 Å². The number of benzene rings is 1. The predicted molar refractivity (Wildman–Crippen MR) is 92.2 cm³/mol. The molecule has 1 aromatic carbocycles. The Bertz CT molecular complexity index is 704. The van der Waals surface area contributed by atoms with Gasteiger partial charge in [0.2, 0.25) is 5.88 Å². The van der Waals surface area contributed by atoms with E-state index in [0.29, 0.717) is 23.6 Å². The Labute approximate surface area is 147 Å². The van der Waals surface area contributed by atoms with Crippen LogP contribution in [0, 0.1) is 0 Å². The van der Waals surface area contributed by atoms with Crippen molar-refractivity contribution in [3.63, 3.8) is 0 Å². The predicted octanol–water partition coefficient (Wildman–Crippen LogP) is 2.88. The number of aliphatic hydroxyl groups is 1. The summed E-state index contributed by atoms with van der Waals surface area (Å²) in [6.07, 6.45) is 1.35. The average molecular weight is 345 g/mol. The summed E-state index contributed by atoms with van der Waals surface area (Å²) in [5.74, 6) is -0.751. The molecule has 2 aromatic rings. The number of methoxy groups -OCH3 is 1. The maximum absolute atomic E-state index is 11.2. The molecule has 2 rings (SSSR count). The van der Waals surface area contributed by atoms with Gasteiger partial charge in [-0.15, -0.1) is 0 Å². The van der Waals surface area contributed by atoms with Crippen LogP contribution in [0.3, 0.4) is 0 Å². The molecule has 0 saturated heterocycles. The summed E-state index contributed by atoms with van der Waals surface area (Å²) in [6.45, 7) is 2.29. The minimum atomic E-state index is -1.51. The van der Waals surface area contributed by atoms with Crippen molar-refractivity contribution in [3.8, 4) is 5.88 Å². The average Bonchev–Trinajstić information content (AvgIpc) is 2.62. The maximum Gasteiger partial charge on any atom is 0.306 e. The minimum Gasteiger partial charge on any atom is -0.481 e. The Kier molecular flexibility index (Phi) is 6.50. The molecule has 0 aliphatic rings. The molecule has 6 heteroatoms. The fourth-order valence-corrected chi connectivity index (χ4v) is 2.73. The molecule has 25 heavy (non-hydrogen) atoms. The minimum absolute atomic E-state index is 0.156. The monoisotopic (exact) mass is 345 g/mol. The van der Waals surface area contributed by atoms with Crippen LogP contribution in [-0.4, -0.2) is 28.3 Å². The van der Waals surface area contributed by atoms with Gasteiger partial charge in [0.05, 0.1) is 26.7 Å². The Morgan fingerprint density at radius 2 is 1.92 bits per heavy atom. The molecule has 0 unspecified atom stereocenters. The van der Waals surface area contributed by atoms with Crippen LogP contribution in [0.1, 0.15) is 36.5 Å². The van der Waals surface area contributed by atoms with Crippen molar-refractivity contribution in [1.29, 1.82) is 0 Å². The number of carboxylic acids is 1. The summed E-state index contributed by atoms with van der Waals surface area (Å²) >= 11 is 0. The third-order valence-corrected chi connectivity index (χ3v) is 4.10. The quantitative estimate of drug-likeness (QED) is 0.726. The van der Waals surface area contributed by atoms with E-state index >= 15 is 0 Å². The number of hydrogen-bond acceptors (Lipinski definition) is 5. The molecule has 1 atom stereocenters. The number of ether oxygens (including phenoxy) is 2. The van der Waals surface area contributed by atoms with Crippen molar-refractivity contribution in [1.82, 2.24) is 4.98 Å². The van der Waals surface area contributed by atoms with Crippen LogP contribution in [0.4, 0.5) is 0 Å². The lowest BCUT2D eigenvalue weighted by molar-refractivity contribution is -0.143. The molecule has 0 bridgehead atoms. The van der Waals surface area contributed by atoms with Crippen molar-refractivity contribution in [3.05, 3.63) is 59.3 Å². The lowest BCUT2D eigenvalue weighted by Crippen LogP contribution is -2.30. The van der Waals surface area contributed by atoms with E-state index in [1.54, 1.807) is 13.0 Å². The third-order valence-electron chi connectivity index (χ3n) is 4.10. The molecule has 1 heterocycles. The zero-order valence-corrected chi connectivity index (χ0v) is 14.4. The van der Waals surface area contributed by atoms with Crippen LogP contribution < -0.4 is 4.74 Å². The normalized spacial score (nSPS) is 13.2. The van der Waals surface area contributed by atoms with Crippen LogP contribution in [0.5, 0.6) is 5.88 Å². The first-order valence-corrected chi connectivity index (χ1v) is 8.08. The second kappa shape index (κ2) is 8.60. The van der Waals surface area contributed by atoms with Gasteiger partial charge >= 0.3 is 5.97 Å². The zero-order valence-electron chi connectivity index (χ0n) is 14.4. The smallest absolute Gasteiger partial charge is 0.306 e. The van der Waals surface area contributed by atoms with Crippen LogP contribution in [0.15, 0.2) is 42.6 Å². The van der Waals surface area contributed by atoms with E-state index in [1.807, 2.05) is 30.3 Å². The van der Waals surface area contributed by atoms with Crippen LogP contribution in [0.2, 0.25) is 0 Å². The van der Waals surface area contributed by atoms with E-state index in [0.717, 1.165) is 5.56 Å². The van der Waals surface area contributed by atoms with Gasteiger partial charge in [0, 0.05) is 11.8 Å². The van der Waals surface area contributed by atoms with E-state index < -0.39 is 18.0 Å². The highest BCUT2D eigenvalue weighted by molar-refractivity contribution is 5.68. The van der Waals surface area contributed by atoms with Gasteiger partial charge in [-0.2, -0.15) is 0 Å². The summed E-state index contributed by atoms with van der Waals surface area (Å²) in [4.78, 5) is 15.3. The Hall–Kier alpha value is -2.44. The first-order chi connectivity index (χ1) is 12.0. The number of aromatic nitrogens is 1. The molecule has 0 amide bonds. The summed E-state index contributed by atoms with van der Waals surface area (Å²) in [6, 6.07) is 11.3. The number of nitrogens with zero attached hydrogens (tertiary/aromatic N) is 1. The van der Waals surface area contributed by atoms with Gasteiger partial charge in [0.1, 0.15) is 5.60 Å². The SMILES string of the molecule is CC[C@@](O)(CC(=O)O)c1ccnc(OC)c1COCc1ccccc1. The number of rotatable bonds is 9. The maximum atomic E-state index is 11.2. The molecule has 0 aliphatic carbocycles. The highest BCUT2D eigenvalue weighted by Gasteiger charge is 2.34. The molecule has 1 aromatic heterocycles. The van der Waals surface area contributed by atoms with E-state index in [4.69, 9.17) is 14.6 Å². The Balaban J connectivity index is 2.27. The van der Waals surface area contributed by atoms with Crippen molar-refractivity contribution in [2.24, 2.45) is 0 Å². The highest BCUT2D eigenvalue weighted by Crippen LogP contribution is 2.35. The molecule has 6 nitrogen and oxygen atoms in total. The molecule has 0 saturated carbocycles. The van der Waals surface area contributed by atoms with Crippen molar-refractivity contribution >= 4 is 5.97 Å². The molecule has 2 N–H and O–H groups in total. The summed E-state index contributed by atoms with van der Waals surface area (Å²) in [5.41, 5.74) is 0.542. The van der Waals surface area contributed by atoms with E-state index in [1.165, 1.54) is 13.3 Å². The van der Waals surface area contributed by atoms with Crippen LogP contribution >= 0.6 is 0 Å². The fourth-order valence-electron chi connectivity index (χ4n) is 2.73. The number of carbonyl (C=O) groups is 1. The van der Waals surface area contributed by atoms with Gasteiger partial charge in [-0.05, 0) is 23.6 Å². The first-order valence-electron chi connectivity index (χ1n) is 8.08. The lowest BCUT2D eigenvalue weighted by atomic mass is 9.85. The second-order valence-corrected chi connectivity index (χ2v) is 5.78.